The summed E-state index contributed by atoms with van der Waals surface area (Å²) in [5.41, 5.74) is 0.996. The molecule has 2 atom stereocenters. The van der Waals surface area contributed by atoms with E-state index in [2.05, 4.69) is 5.32 Å². The quantitative estimate of drug-likeness (QED) is 0.870. The third kappa shape index (κ3) is 3.89. The third-order valence-corrected chi connectivity index (χ3v) is 4.55. The zero-order valence-electron chi connectivity index (χ0n) is 15.0. The average Bonchev–Trinajstić information content (AvgIpc) is 3.03. The molecule has 2 amide bonds. The molecule has 0 saturated carbocycles. The highest BCUT2D eigenvalue weighted by Crippen LogP contribution is 2.38. The normalized spacial score (nSPS) is 20.3. The minimum Gasteiger partial charge on any atom is -0.496 e. The minimum atomic E-state index is -0.240. The molecule has 0 radical (unpaired) electrons. The van der Waals surface area contributed by atoms with Gasteiger partial charge in [-0.1, -0.05) is 39.0 Å². The summed E-state index contributed by atoms with van der Waals surface area (Å²) in [6, 6.07) is 7.77. The van der Waals surface area contributed by atoms with Crippen molar-refractivity contribution in [3.8, 4) is 5.75 Å². The Morgan fingerprint density at radius 1 is 1.29 bits per heavy atom. The molecule has 2 unspecified atom stereocenters. The number of ether oxygens (including phenoxy) is 1. The number of amides is 2. The number of carbonyl (C=O) groups excluding carboxylic acids is 2. The number of carbonyl (C=O) groups is 2. The van der Waals surface area contributed by atoms with E-state index in [1.807, 2.05) is 49.9 Å². The summed E-state index contributed by atoms with van der Waals surface area (Å²) in [7, 11) is 1.64. The molecule has 0 bridgehead atoms. The van der Waals surface area contributed by atoms with Gasteiger partial charge in [0.25, 0.3) is 0 Å². The Morgan fingerprint density at radius 3 is 2.62 bits per heavy atom. The molecule has 1 aromatic rings. The number of methoxy groups -OCH3 is 1. The largest absolute Gasteiger partial charge is 0.496 e. The number of para-hydroxylation sites is 1. The van der Waals surface area contributed by atoms with E-state index in [0.717, 1.165) is 17.7 Å². The predicted molar refractivity (Wildman–Crippen MR) is 93.9 cm³/mol. The smallest absolute Gasteiger partial charge is 0.225 e. The van der Waals surface area contributed by atoms with Gasteiger partial charge in [-0.3, -0.25) is 9.59 Å². The van der Waals surface area contributed by atoms with Crippen LogP contribution < -0.4 is 10.1 Å². The van der Waals surface area contributed by atoms with E-state index in [9.17, 15) is 9.59 Å². The van der Waals surface area contributed by atoms with Gasteiger partial charge in [-0.25, -0.2) is 0 Å². The fraction of sp³-hybridized carbons (Fsp3) is 0.579. The van der Waals surface area contributed by atoms with Crippen molar-refractivity contribution in [2.75, 3.05) is 26.7 Å². The first kappa shape index (κ1) is 18.3. The predicted octanol–water partition coefficient (Wildman–Crippen LogP) is 2.42. The van der Waals surface area contributed by atoms with Crippen LogP contribution in [0.5, 0.6) is 5.75 Å². The van der Waals surface area contributed by atoms with Gasteiger partial charge < -0.3 is 15.0 Å². The Hall–Kier alpha value is -2.04. The molecule has 1 aliphatic heterocycles. The van der Waals surface area contributed by atoms with Gasteiger partial charge in [0.15, 0.2) is 0 Å². The van der Waals surface area contributed by atoms with E-state index in [0.29, 0.717) is 19.6 Å². The molecule has 0 aliphatic carbocycles. The Kier molecular flexibility index (Phi) is 6.23. The van der Waals surface area contributed by atoms with E-state index < -0.39 is 0 Å². The molecule has 0 aromatic heterocycles. The van der Waals surface area contributed by atoms with Crippen molar-refractivity contribution in [1.29, 1.82) is 0 Å². The SMILES string of the molecule is CCCNC(=O)C1CN(C(=O)C(C)C)CC1c1ccccc1OC. The lowest BCUT2D eigenvalue weighted by Gasteiger charge is -2.20. The molecule has 24 heavy (non-hydrogen) atoms. The zero-order chi connectivity index (χ0) is 17.7. The minimum absolute atomic E-state index is 0.0202. The molecule has 5 nitrogen and oxygen atoms in total. The topological polar surface area (TPSA) is 58.6 Å². The first-order valence-corrected chi connectivity index (χ1v) is 8.69. The first-order valence-electron chi connectivity index (χ1n) is 8.69. The highest BCUT2D eigenvalue weighted by atomic mass is 16.5. The second-order valence-electron chi connectivity index (χ2n) is 6.64. The highest BCUT2D eigenvalue weighted by molar-refractivity contribution is 5.84. The van der Waals surface area contributed by atoms with Crippen LogP contribution in [0.2, 0.25) is 0 Å². The number of likely N-dealkylation sites (tertiary alicyclic amines) is 1. The van der Waals surface area contributed by atoms with Gasteiger partial charge in [0.1, 0.15) is 5.75 Å². The van der Waals surface area contributed by atoms with Crippen LogP contribution in [0.25, 0.3) is 0 Å². The highest BCUT2D eigenvalue weighted by Gasteiger charge is 2.41. The van der Waals surface area contributed by atoms with Gasteiger partial charge in [0.2, 0.25) is 11.8 Å². The van der Waals surface area contributed by atoms with Crippen LogP contribution in [0.1, 0.15) is 38.7 Å². The number of nitrogens with zero attached hydrogens (tertiary/aromatic N) is 1. The van der Waals surface area contributed by atoms with Crippen LogP contribution in [0.15, 0.2) is 24.3 Å². The van der Waals surface area contributed by atoms with Crippen LogP contribution in [-0.4, -0.2) is 43.5 Å². The Bertz CT molecular complexity index is 586. The maximum atomic E-state index is 12.6. The van der Waals surface area contributed by atoms with E-state index in [-0.39, 0.29) is 29.6 Å². The molecule has 2 rings (SSSR count). The number of hydrogen-bond donors (Lipinski definition) is 1. The molecule has 132 valence electrons. The Labute approximate surface area is 144 Å². The number of rotatable bonds is 6. The lowest BCUT2D eigenvalue weighted by molar-refractivity contribution is -0.133. The summed E-state index contributed by atoms with van der Waals surface area (Å²) in [5, 5.41) is 2.98. The van der Waals surface area contributed by atoms with Crippen molar-refractivity contribution in [1.82, 2.24) is 10.2 Å². The number of hydrogen-bond acceptors (Lipinski definition) is 3. The summed E-state index contributed by atoms with van der Waals surface area (Å²) in [4.78, 5) is 26.9. The van der Waals surface area contributed by atoms with Gasteiger partial charge >= 0.3 is 0 Å². The van der Waals surface area contributed by atoms with Crippen LogP contribution >= 0.6 is 0 Å². The molecule has 0 spiro atoms. The van der Waals surface area contributed by atoms with E-state index in [4.69, 9.17) is 4.74 Å². The second-order valence-corrected chi connectivity index (χ2v) is 6.64. The maximum absolute atomic E-state index is 12.6. The van der Waals surface area contributed by atoms with Gasteiger partial charge in [-0.15, -0.1) is 0 Å². The zero-order valence-corrected chi connectivity index (χ0v) is 15.0. The van der Waals surface area contributed by atoms with Gasteiger partial charge in [0.05, 0.1) is 13.0 Å². The Morgan fingerprint density at radius 2 is 2.00 bits per heavy atom. The van der Waals surface area contributed by atoms with Gasteiger partial charge in [-0.05, 0) is 18.1 Å². The fourth-order valence-corrected chi connectivity index (χ4v) is 3.28. The van der Waals surface area contributed by atoms with Crippen molar-refractivity contribution >= 4 is 11.8 Å². The molecule has 1 aliphatic rings. The second kappa shape index (κ2) is 8.18. The Balaban J connectivity index is 2.30. The van der Waals surface area contributed by atoms with E-state index in [1.54, 1.807) is 7.11 Å². The molecule has 1 heterocycles. The standard InChI is InChI=1S/C19H28N2O3/c1-5-10-20-18(22)16-12-21(19(23)13(2)3)11-15(16)14-8-6-7-9-17(14)24-4/h6-9,13,15-16H,5,10-12H2,1-4H3,(H,20,22). The van der Waals surface area contributed by atoms with E-state index >= 15 is 0 Å². The number of nitrogens with one attached hydrogen (secondary N) is 1. The summed E-state index contributed by atoms with van der Waals surface area (Å²) in [5.74, 6) is 0.541. The number of benzene rings is 1. The fourth-order valence-electron chi connectivity index (χ4n) is 3.28. The lowest BCUT2D eigenvalue weighted by Crippen LogP contribution is -2.36. The first-order chi connectivity index (χ1) is 11.5. The van der Waals surface area contributed by atoms with Crippen molar-refractivity contribution in [3.05, 3.63) is 29.8 Å². The molecular weight excluding hydrogens is 304 g/mol. The maximum Gasteiger partial charge on any atom is 0.225 e. The van der Waals surface area contributed by atoms with Crippen molar-refractivity contribution < 1.29 is 14.3 Å². The third-order valence-electron chi connectivity index (χ3n) is 4.55. The monoisotopic (exact) mass is 332 g/mol. The van der Waals surface area contributed by atoms with Crippen LogP contribution in [0.4, 0.5) is 0 Å². The summed E-state index contributed by atoms with van der Waals surface area (Å²) in [6.45, 7) is 7.50. The van der Waals surface area contributed by atoms with Crippen molar-refractivity contribution in [3.63, 3.8) is 0 Å². The van der Waals surface area contributed by atoms with Gasteiger partial charge in [-0.2, -0.15) is 0 Å². The van der Waals surface area contributed by atoms with Crippen molar-refractivity contribution in [2.24, 2.45) is 11.8 Å². The summed E-state index contributed by atoms with van der Waals surface area (Å²) < 4.78 is 5.47. The summed E-state index contributed by atoms with van der Waals surface area (Å²) in [6.07, 6.45) is 0.895. The van der Waals surface area contributed by atoms with Crippen LogP contribution in [-0.2, 0) is 9.59 Å². The molecule has 5 heteroatoms. The van der Waals surface area contributed by atoms with Crippen LogP contribution in [0.3, 0.4) is 0 Å². The van der Waals surface area contributed by atoms with Crippen molar-refractivity contribution in [2.45, 2.75) is 33.1 Å². The average molecular weight is 332 g/mol. The lowest BCUT2D eigenvalue weighted by atomic mass is 9.87. The summed E-state index contributed by atoms with van der Waals surface area (Å²) >= 11 is 0. The molecule has 1 aromatic carbocycles. The molecule has 1 fully saturated rings. The van der Waals surface area contributed by atoms with E-state index in [1.165, 1.54) is 0 Å². The molecule has 1 saturated heterocycles. The van der Waals surface area contributed by atoms with Gasteiger partial charge in [0, 0.05) is 31.5 Å². The molecule has 1 N–H and O–H groups in total. The molecular formula is C19H28N2O3. The van der Waals surface area contributed by atoms with Crippen LogP contribution in [0, 0.1) is 11.8 Å².